The number of nitrogens with zero attached hydrogens (tertiary/aromatic N) is 1. The number of rotatable bonds is 2. The van der Waals surface area contributed by atoms with E-state index in [1.807, 2.05) is 13.0 Å². The zero-order valence-corrected chi connectivity index (χ0v) is 10.7. The maximum absolute atomic E-state index is 11.0. The molecule has 1 aliphatic rings. The summed E-state index contributed by atoms with van der Waals surface area (Å²) in [6.45, 7) is 2.69. The molecule has 1 saturated heterocycles. The van der Waals surface area contributed by atoms with Gasteiger partial charge >= 0.3 is 0 Å². The van der Waals surface area contributed by atoms with E-state index in [1.165, 1.54) is 0 Å². The number of aromatic nitrogens is 1. The minimum Gasteiger partial charge on any atom is -0.365 e. The standard InChI is InChI=1S/C11H14BrN3O/c1-7-4-8(12)5-14-11(7)15-9-2-3-10(16)13-6-9/h4-5,9H,2-3,6H2,1H3,(H,13,16)(H,14,15). The Morgan fingerprint density at radius 1 is 1.62 bits per heavy atom. The molecule has 2 heterocycles. The van der Waals surface area contributed by atoms with Gasteiger partial charge in [0.1, 0.15) is 5.82 Å². The highest BCUT2D eigenvalue weighted by Crippen LogP contribution is 2.18. The normalized spacial score (nSPS) is 20.4. The van der Waals surface area contributed by atoms with Crippen LogP contribution < -0.4 is 10.6 Å². The molecule has 1 aliphatic heterocycles. The molecule has 4 nitrogen and oxygen atoms in total. The summed E-state index contributed by atoms with van der Waals surface area (Å²) in [5.41, 5.74) is 1.10. The Labute approximate surface area is 103 Å². The van der Waals surface area contributed by atoms with Crippen molar-refractivity contribution in [3.8, 4) is 0 Å². The maximum atomic E-state index is 11.0. The third-order valence-corrected chi connectivity index (χ3v) is 3.08. The molecule has 16 heavy (non-hydrogen) atoms. The molecule has 0 radical (unpaired) electrons. The van der Waals surface area contributed by atoms with Crippen LogP contribution in [-0.4, -0.2) is 23.5 Å². The zero-order chi connectivity index (χ0) is 11.5. The van der Waals surface area contributed by atoms with E-state index < -0.39 is 0 Å². The van der Waals surface area contributed by atoms with Crippen molar-refractivity contribution in [1.82, 2.24) is 10.3 Å². The lowest BCUT2D eigenvalue weighted by molar-refractivity contribution is -0.122. The summed E-state index contributed by atoms with van der Waals surface area (Å²) in [5.74, 6) is 1.03. The van der Waals surface area contributed by atoms with E-state index in [1.54, 1.807) is 6.20 Å². The second-order valence-corrected chi connectivity index (χ2v) is 4.92. The Bertz CT molecular complexity index is 398. The van der Waals surface area contributed by atoms with E-state index in [0.29, 0.717) is 13.0 Å². The van der Waals surface area contributed by atoms with Crippen LogP contribution in [0, 0.1) is 6.92 Å². The molecule has 5 heteroatoms. The molecule has 1 unspecified atom stereocenters. The predicted octanol–water partition coefficient (Wildman–Crippen LogP) is 1.84. The molecular formula is C11H14BrN3O. The summed E-state index contributed by atoms with van der Waals surface area (Å²) in [7, 11) is 0. The summed E-state index contributed by atoms with van der Waals surface area (Å²) in [4.78, 5) is 15.3. The van der Waals surface area contributed by atoms with Gasteiger partial charge in [-0.2, -0.15) is 0 Å². The van der Waals surface area contributed by atoms with E-state index in [0.717, 1.165) is 22.3 Å². The van der Waals surface area contributed by atoms with Crippen LogP contribution in [0.15, 0.2) is 16.7 Å². The van der Waals surface area contributed by atoms with E-state index in [9.17, 15) is 4.79 Å². The number of aryl methyl sites for hydroxylation is 1. The van der Waals surface area contributed by atoms with Crippen LogP contribution in [0.3, 0.4) is 0 Å². The summed E-state index contributed by atoms with van der Waals surface area (Å²) >= 11 is 3.38. The SMILES string of the molecule is Cc1cc(Br)cnc1NC1CCC(=O)NC1. The van der Waals surface area contributed by atoms with E-state index in [2.05, 4.69) is 31.5 Å². The average Bonchev–Trinajstić information content (AvgIpc) is 2.25. The first-order chi connectivity index (χ1) is 7.65. The third-order valence-electron chi connectivity index (χ3n) is 2.65. The Morgan fingerprint density at radius 3 is 3.06 bits per heavy atom. The van der Waals surface area contributed by atoms with E-state index in [-0.39, 0.29) is 11.9 Å². The van der Waals surface area contributed by atoms with Crippen LogP contribution in [0.1, 0.15) is 18.4 Å². The van der Waals surface area contributed by atoms with Crippen molar-refractivity contribution in [1.29, 1.82) is 0 Å². The van der Waals surface area contributed by atoms with Crippen molar-refractivity contribution in [3.63, 3.8) is 0 Å². The van der Waals surface area contributed by atoms with Crippen molar-refractivity contribution >= 4 is 27.7 Å². The highest BCUT2D eigenvalue weighted by Gasteiger charge is 2.18. The number of carbonyl (C=O) groups excluding carboxylic acids is 1. The molecule has 0 aromatic carbocycles. The Balaban J connectivity index is 2.01. The molecule has 0 saturated carbocycles. The Kier molecular flexibility index (Phi) is 3.43. The average molecular weight is 284 g/mol. The lowest BCUT2D eigenvalue weighted by Gasteiger charge is -2.24. The van der Waals surface area contributed by atoms with Crippen LogP contribution in [0.2, 0.25) is 0 Å². The molecule has 2 N–H and O–H groups in total. The number of pyridine rings is 1. The number of nitrogens with one attached hydrogen (secondary N) is 2. The lowest BCUT2D eigenvalue weighted by Crippen LogP contribution is -2.42. The van der Waals surface area contributed by atoms with Gasteiger partial charge in [-0.15, -0.1) is 0 Å². The first-order valence-electron chi connectivity index (χ1n) is 5.30. The number of hydrogen-bond donors (Lipinski definition) is 2. The zero-order valence-electron chi connectivity index (χ0n) is 9.09. The van der Waals surface area contributed by atoms with Crippen LogP contribution in [0.25, 0.3) is 0 Å². The summed E-state index contributed by atoms with van der Waals surface area (Å²) < 4.78 is 0.979. The molecule has 0 bridgehead atoms. The maximum Gasteiger partial charge on any atom is 0.220 e. The second kappa shape index (κ2) is 4.82. The molecular weight excluding hydrogens is 270 g/mol. The van der Waals surface area contributed by atoms with E-state index >= 15 is 0 Å². The van der Waals surface area contributed by atoms with Crippen LogP contribution in [0.5, 0.6) is 0 Å². The van der Waals surface area contributed by atoms with Gasteiger partial charge < -0.3 is 10.6 Å². The molecule has 1 aromatic rings. The van der Waals surface area contributed by atoms with Crippen LogP contribution >= 0.6 is 15.9 Å². The first kappa shape index (κ1) is 11.4. The summed E-state index contributed by atoms with van der Waals surface area (Å²) in [5, 5.41) is 6.19. The first-order valence-corrected chi connectivity index (χ1v) is 6.10. The highest BCUT2D eigenvalue weighted by molar-refractivity contribution is 9.10. The quantitative estimate of drug-likeness (QED) is 0.871. The van der Waals surface area contributed by atoms with Gasteiger partial charge in [-0.1, -0.05) is 0 Å². The van der Waals surface area contributed by atoms with Crippen LogP contribution in [0.4, 0.5) is 5.82 Å². The Hall–Kier alpha value is -1.10. The van der Waals surface area contributed by atoms with Crippen molar-refractivity contribution in [2.75, 3.05) is 11.9 Å². The highest BCUT2D eigenvalue weighted by atomic mass is 79.9. The van der Waals surface area contributed by atoms with Gasteiger partial charge in [0.15, 0.2) is 0 Å². The van der Waals surface area contributed by atoms with Gasteiger partial charge in [-0.25, -0.2) is 4.98 Å². The molecule has 1 aromatic heterocycles. The fourth-order valence-electron chi connectivity index (χ4n) is 1.74. The molecule has 1 atom stereocenters. The number of piperidine rings is 1. The van der Waals surface area contributed by atoms with Crippen molar-refractivity contribution in [2.45, 2.75) is 25.8 Å². The molecule has 1 fully saturated rings. The topological polar surface area (TPSA) is 54.0 Å². The van der Waals surface area contributed by atoms with Gasteiger partial charge in [-0.05, 0) is 40.9 Å². The van der Waals surface area contributed by atoms with Crippen molar-refractivity contribution in [3.05, 3.63) is 22.3 Å². The molecule has 1 amide bonds. The minimum absolute atomic E-state index is 0.138. The van der Waals surface area contributed by atoms with Crippen LogP contribution in [-0.2, 0) is 4.79 Å². The fraction of sp³-hybridized carbons (Fsp3) is 0.455. The van der Waals surface area contributed by atoms with Gasteiger partial charge in [-0.3, -0.25) is 4.79 Å². The summed E-state index contributed by atoms with van der Waals surface area (Å²) in [6, 6.07) is 2.31. The van der Waals surface area contributed by atoms with E-state index in [4.69, 9.17) is 0 Å². The molecule has 0 spiro atoms. The fourth-order valence-corrected chi connectivity index (χ4v) is 2.19. The van der Waals surface area contributed by atoms with Crippen molar-refractivity contribution < 1.29 is 4.79 Å². The molecule has 2 rings (SSSR count). The van der Waals surface area contributed by atoms with Crippen molar-refractivity contribution in [2.24, 2.45) is 0 Å². The van der Waals surface area contributed by atoms with Gasteiger partial charge in [0.25, 0.3) is 0 Å². The number of amides is 1. The van der Waals surface area contributed by atoms with Gasteiger partial charge in [0.05, 0.1) is 0 Å². The number of hydrogen-bond acceptors (Lipinski definition) is 3. The molecule has 0 aliphatic carbocycles. The van der Waals surface area contributed by atoms with Gasteiger partial charge in [0.2, 0.25) is 5.91 Å². The number of halogens is 1. The largest absolute Gasteiger partial charge is 0.365 e. The molecule has 86 valence electrons. The Morgan fingerprint density at radius 2 is 2.44 bits per heavy atom. The summed E-state index contributed by atoms with van der Waals surface area (Å²) in [6.07, 6.45) is 3.23. The number of anilines is 1. The second-order valence-electron chi connectivity index (χ2n) is 4.00. The minimum atomic E-state index is 0.138. The lowest BCUT2D eigenvalue weighted by atomic mass is 10.1. The monoisotopic (exact) mass is 283 g/mol. The third kappa shape index (κ3) is 2.72. The smallest absolute Gasteiger partial charge is 0.220 e. The predicted molar refractivity (Wildman–Crippen MR) is 66.3 cm³/mol. The number of carbonyl (C=O) groups is 1. The van der Waals surface area contributed by atoms with Gasteiger partial charge in [0, 0.05) is 29.7 Å².